The Morgan fingerprint density at radius 3 is 2.72 bits per heavy atom. The Morgan fingerprint density at radius 1 is 1.19 bits per heavy atom. The summed E-state index contributed by atoms with van der Waals surface area (Å²) in [5.41, 5.74) is 2.65. The highest BCUT2D eigenvalue weighted by atomic mass is 16.5. The maximum Gasteiger partial charge on any atom is 0.230 e. The monoisotopic (exact) mass is 494 g/mol. The summed E-state index contributed by atoms with van der Waals surface area (Å²) in [4.78, 5) is 26.1. The Hall–Kier alpha value is -2.94. The van der Waals surface area contributed by atoms with Crippen LogP contribution in [0.5, 0.6) is 5.75 Å². The van der Waals surface area contributed by atoms with Crippen molar-refractivity contribution < 1.29 is 28.9 Å². The SMILES string of the molecule is C[C@H](NC(=O)C[C@H]1C[C@@H]2c3cc(ccc3OC3CCOCC3)NC(=O)[C@@H]2[C@H](CO)O1)c1ccccc1. The Labute approximate surface area is 211 Å². The number of benzene rings is 2. The van der Waals surface area contributed by atoms with Gasteiger partial charge in [0.25, 0.3) is 0 Å². The van der Waals surface area contributed by atoms with Gasteiger partial charge >= 0.3 is 0 Å². The smallest absolute Gasteiger partial charge is 0.230 e. The van der Waals surface area contributed by atoms with Crippen molar-refractivity contribution in [2.45, 2.75) is 62.9 Å². The number of hydrogen-bond acceptors (Lipinski definition) is 6. The minimum Gasteiger partial charge on any atom is -0.490 e. The number of anilines is 1. The normalized spacial score (nSPS) is 26.8. The first kappa shape index (κ1) is 24.7. The molecule has 2 aromatic carbocycles. The number of nitrogens with one attached hydrogen (secondary N) is 2. The third-order valence-electron chi connectivity index (χ3n) is 7.43. The molecule has 2 fully saturated rings. The molecule has 2 aromatic rings. The Balaban J connectivity index is 1.35. The van der Waals surface area contributed by atoms with Crippen molar-refractivity contribution in [2.75, 3.05) is 25.1 Å². The van der Waals surface area contributed by atoms with Crippen molar-refractivity contribution in [3.63, 3.8) is 0 Å². The van der Waals surface area contributed by atoms with Crippen LogP contribution in [0.1, 0.15) is 55.7 Å². The molecular weight excluding hydrogens is 460 g/mol. The van der Waals surface area contributed by atoms with Gasteiger partial charge in [0.15, 0.2) is 0 Å². The van der Waals surface area contributed by atoms with Crippen LogP contribution < -0.4 is 15.4 Å². The van der Waals surface area contributed by atoms with E-state index in [9.17, 15) is 14.7 Å². The van der Waals surface area contributed by atoms with E-state index in [1.165, 1.54) is 0 Å². The standard InChI is InChI=1S/C28H34N2O6/c1-17(18-5-3-2-4-6-18)29-26(32)15-21-14-23-22-13-19(30-28(33)27(23)25(16-31)36-21)7-8-24(22)35-20-9-11-34-12-10-20/h2-8,13,17,20-21,23,25,27,31H,9-12,14-16H2,1H3,(H,29,32)(H,30,33)/t17-,21+,23+,25-,27-/m0/s1. The molecule has 0 aromatic heterocycles. The zero-order valence-corrected chi connectivity index (χ0v) is 20.5. The quantitative estimate of drug-likeness (QED) is 0.545. The van der Waals surface area contributed by atoms with Crippen LogP contribution >= 0.6 is 0 Å². The minimum absolute atomic E-state index is 0.0562. The van der Waals surface area contributed by atoms with Gasteiger partial charge in [0.05, 0.1) is 50.4 Å². The predicted molar refractivity (Wildman–Crippen MR) is 134 cm³/mol. The van der Waals surface area contributed by atoms with Gasteiger partial charge in [-0.15, -0.1) is 0 Å². The van der Waals surface area contributed by atoms with Crippen LogP contribution in [0.4, 0.5) is 5.69 Å². The lowest BCUT2D eigenvalue weighted by molar-refractivity contribution is -0.148. The van der Waals surface area contributed by atoms with E-state index in [4.69, 9.17) is 14.2 Å². The van der Waals surface area contributed by atoms with E-state index in [1.807, 2.05) is 55.5 Å². The largest absolute Gasteiger partial charge is 0.490 e. The van der Waals surface area contributed by atoms with E-state index in [-0.39, 0.29) is 42.9 Å². The van der Waals surface area contributed by atoms with E-state index in [1.54, 1.807) is 0 Å². The molecule has 2 amide bonds. The third-order valence-corrected chi connectivity index (χ3v) is 7.43. The molecule has 8 heteroatoms. The average Bonchev–Trinajstić information content (AvgIpc) is 3.00. The summed E-state index contributed by atoms with van der Waals surface area (Å²) < 4.78 is 18.0. The van der Waals surface area contributed by atoms with Gasteiger partial charge in [-0.2, -0.15) is 0 Å². The lowest BCUT2D eigenvalue weighted by Gasteiger charge is -2.40. The number of carbonyl (C=O) groups excluding carboxylic acids is 2. The first-order valence-electron chi connectivity index (χ1n) is 12.8. The van der Waals surface area contributed by atoms with Gasteiger partial charge in [-0.05, 0) is 37.1 Å². The predicted octanol–water partition coefficient (Wildman–Crippen LogP) is 3.31. The van der Waals surface area contributed by atoms with Crippen LogP contribution in [0.3, 0.4) is 0 Å². The number of aliphatic hydroxyl groups excluding tert-OH is 1. The van der Waals surface area contributed by atoms with E-state index < -0.39 is 18.1 Å². The lowest BCUT2D eigenvalue weighted by Crippen LogP contribution is -2.48. The van der Waals surface area contributed by atoms with Gasteiger partial charge in [0.2, 0.25) is 11.8 Å². The van der Waals surface area contributed by atoms with E-state index in [0.717, 1.165) is 29.7 Å². The minimum atomic E-state index is -0.710. The number of amides is 2. The zero-order chi connectivity index (χ0) is 25.1. The van der Waals surface area contributed by atoms with E-state index >= 15 is 0 Å². The molecule has 3 aliphatic heterocycles. The molecule has 5 rings (SSSR count). The van der Waals surface area contributed by atoms with Crippen molar-refractivity contribution in [3.05, 3.63) is 59.7 Å². The zero-order valence-electron chi connectivity index (χ0n) is 20.5. The summed E-state index contributed by atoms with van der Waals surface area (Å²) >= 11 is 0. The maximum atomic E-state index is 13.2. The van der Waals surface area contributed by atoms with Crippen LogP contribution in [0.2, 0.25) is 0 Å². The molecule has 3 N–H and O–H groups in total. The van der Waals surface area contributed by atoms with E-state index in [0.29, 0.717) is 25.3 Å². The van der Waals surface area contributed by atoms with Gasteiger partial charge in [-0.3, -0.25) is 9.59 Å². The summed E-state index contributed by atoms with van der Waals surface area (Å²) in [5.74, 6) is -0.376. The summed E-state index contributed by atoms with van der Waals surface area (Å²) in [7, 11) is 0. The molecule has 3 aliphatic rings. The van der Waals surface area contributed by atoms with Crippen molar-refractivity contribution in [3.8, 4) is 5.75 Å². The first-order chi connectivity index (χ1) is 17.5. The molecule has 8 nitrogen and oxygen atoms in total. The van der Waals surface area contributed by atoms with Crippen molar-refractivity contribution in [1.29, 1.82) is 0 Å². The first-order valence-corrected chi connectivity index (χ1v) is 12.8. The highest BCUT2D eigenvalue weighted by Crippen LogP contribution is 2.46. The van der Waals surface area contributed by atoms with Crippen LogP contribution in [-0.4, -0.2) is 55.1 Å². The van der Waals surface area contributed by atoms with Crippen LogP contribution in [-0.2, 0) is 19.1 Å². The molecule has 0 radical (unpaired) electrons. The fourth-order valence-electron chi connectivity index (χ4n) is 5.59. The highest BCUT2D eigenvalue weighted by Gasteiger charge is 2.46. The summed E-state index contributed by atoms with van der Waals surface area (Å²) in [5, 5.41) is 16.2. The number of fused-ring (bicyclic) bond motifs is 4. The number of ether oxygens (including phenoxy) is 3. The molecule has 3 heterocycles. The van der Waals surface area contributed by atoms with Crippen LogP contribution in [0.25, 0.3) is 0 Å². The van der Waals surface area contributed by atoms with Crippen LogP contribution in [0, 0.1) is 5.92 Å². The highest BCUT2D eigenvalue weighted by molar-refractivity contribution is 5.95. The Morgan fingerprint density at radius 2 is 1.97 bits per heavy atom. The number of hydrogen-bond donors (Lipinski definition) is 3. The molecule has 0 spiro atoms. The Kier molecular flexibility index (Phi) is 7.55. The maximum absolute atomic E-state index is 13.2. The van der Waals surface area contributed by atoms with Gasteiger partial charge in [0.1, 0.15) is 11.9 Å². The Bertz CT molecular complexity index is 1070. The molecular formula is C28H34N2O6. The lowest BCUT2D eigenvalue weighted by atomic mass is 9.76. The fourth-order valence-corrected chi connectivity index (χ4v) is 5.59. The summed E-state index contributed by atoms with van der Waals surface area (Å²) in [6.45, 7) is 2.98. The van der Waals surface area contributed by atoms with Crippen molar-refractivity contribution >= 4 is 17.5 Å². The number of rotatable bonds is 7. The topological polar surface area (TPSA) is 106 Å². The van der Waals surface area contributed by atoms with E-state index in [2.05, 4.69) is 10.6 Å². The van der Waals surface area contributed by atoms with Gasteiger partial charge < -0.3 is 30.0 Å². The molecule has 0 unspecified atom stereocenters. The van der Waals surface area contributed by atoms with Gasteiger partial charge in [0, 0.05) is 30.0 Å². The molecule has 5 atom stereocenters. The molecule has 0 aliphatic carbocycles. The average molecular weight is 495 g/mol. The second kappa shape index (κ2) is 11.0. The second-order valence-corrected chi connectivity index (χ2v) is 9.92. The van der Waals surface area contributed by atoms with Crippen LogP contribution in [0.15, 0.2) is 48.5 Å². The van der Waals surface area contributed by atoms with Gasteiger partial charge in [-0.25, -0.2) is 0 Å². The van der Waals surface area contributed by atoms with Crippen molar-refractivity contribution in [2.24, 2.45) is 5.92 Å². The molecule has 192 valence electrons. The van der Waals surface area contributed by atoms with Crippen molar-refractivity contribution in [1.82, 2.24) is 5.32 Å². The number of aliphatic hydroxyl groups is 1. The molecule has 2 saturated heterocycles. The van der Waals surface area contributed by atoms with Gasteiger partial charge in [-0.1, -0.05) is 30.3 Å². The molecule has 36 heavy (non-hydrogen) atoms. The fraction of sp³-hybridized carbons (Fsp3) is 0.500. The second-order valence-electron chi connectivity index (χ2n) is 9.92. The number of carbonyl (C=O) groups is 2. The summed E-state index contributed by atoms with van der Waals surface area (Å²) in [6, 6.07) is 15.4. The summed E-state index contributed by atoms with van der Waals surface area (Å²) in [6.07, 6.45) is 1.17. The molecule has 0 saturated carbocycles. The third kappa shape index (κ3) is 5.40. The molecule has 2 bridgehead atoms.